The van der Waals surface area contributed by atoms with Gasteiger partial charge in [0.15, 0.2) is 5.13 Å². The third kappa shape index (κ3) is 3.83. The second-order valence-corrected chi connectivity index (χ2v) is 9.29. The Labute approximate surface area is 192 Å². The van der Waals surface area contributed by atoms with E-state index in [2.05, 4.69) is 39.2 Å². The number of rotatable bonds is 5. The van der Waals surface area contributed by atoms with Crippen LogP contribution in [0.2, 0.25) is 0 Å². The molecule has 0 radical (unpaired) electrons. The lowest BCUT2D eigenvalue weighted by molar-refractivity contribution is 0.103. The molecule has 1 aromatic carbocycles. The van der Waals surface area contributed by atoms with Gasteiger partial charge in [-0.2, -0.15) is 0 Å². The van der Waals surface area contributed by atoms with Crippen LogP contribution >= 0.6 is 22.7 Å². The normalized spacial score (nSPS) is 11.1. The zero-order chi connectivity index (χ0) is 22.2. The maximum Gasteiger partial charge on any atom is 0.265 e. The fourth-order valence-corrected chi connectivity index (χ4v) is 5.02. The molecule has 1 amide bonds. The van der Waals surface area contributed by atoms with E-state index in [-0.39, 0.29) is 5.91 Å². The van der Waals surface area contributed by atoms with Crippen LogP contribution in [0.3, 0.4) is 0 Å². The van der Waals surface area contributed by atoms with Gasteiger partial charge < -0.3 is 16.4 Å². The summed E-state index contributed by atoms with van der Waals surface area (Å²) in [5, 5.41) is 9.76. The first-order valence-corrected chi connectivity index (χ1v) is 11.6. The highest BCUT2D eigenvalue weighted by atomic mass is 32.1. The molecule has 7 nitrogen and oxygen atoms in total. The summed E-state index contributed by atoms with van der Waals surface area (Å²) < 4.78 is 2.08. The van der Waals surface area contributed by atoms with Gasteiger partial charge in [0, 0.05) is 11.6 Å². The van der Waals surface area contributed by atoms with Crippen LogP contribution in [-0.4, -0.2) is 20.3 Å². The number of pyridine rings is 1. The van der Waals surface area contributed by atoms with Crippen LogP contribution in [0, 0.1) is 13.8 Å². The van der Waals surface area contributed by atoms with Gasteiger partial charge in [-0.3, -0.25) is 9.20 Å². The minimum absolute atomic E-state index is 0.197. The van der Waals surface area contributed by atoms with Crippen LogP contribution in [-0.2, 0) is 0 Å². The second-order valence-electron chi connectivity index (χ2n) is 7.35. The average molecular weight is 461 g/mol. The number of thiophene rings is 1. The lowest BCUT2D eigenvalue weighted by Gasteiger charge is -2.06. The fraction of sp³-hybridized carbons (Fsp3) is 0.0870. The number of carbonyl (C=O) groups excluding carboxylic acids is 1. The maximum absolute atomic E-state index is 12.6. The number of nitrogens with two attached hydrogens (primary N) is 1. The number of carbonyl (C=O) groups is 1. The first-order chi connectivity index (χ1) is 15.5. The topological polar surface area (TPSA) is 97.3 Å². The van der Waals surface area contributed by atoms with Gasteiger partial charge in [0.1, 0.15) is 11.3 Å². The molecule has 0 aliphatic heterocycles. The number of fused-ring (bicyclic) bond motifs is 1. The molecular weight excluding hydrogens is 440 g/mol. The minimum atomic E-state index is -0.197. The Kier molecular flexibility index (Phi) is 5.12. The molecule has 0 aliphatic carbocycles. The monoisotopic (exact) mass is 460 g/mol. The van der Waals surface area contributed by atoms with Crippen LogP contribution in [0.15, 0.2) is 60.1 Å². The molecule has 0 saturated carbocycles. The molecule has 0 bridgehead atoms. The number of aryl methyl sites for hydroxylation is 2. The summed E-state index contributed by atoms with van der Waals surface area (Å²) in [5.41, 5.74) is 11.9. The lowest BCUT2D eigenvalue weighted by Crippen LogP contribution is -2.11. The molecule has 5 aromatic rings. The molecule has 0 unspecified atom stereocenters. The van der Waals surface area contributed by atoms with E-state index in [1.165, 1.54) is 22.7 Å². The number of thiazole rings is 1. The van der Waals surface area contributed by atoms with E-state index in [0.717, 1.165) is 38.4 Å². The SMILES string of the molecule is Cc1ccc2nc(C)c(-c3csc(Nc4ccc(C(=O)Nc5ccccc5N)s4)n3)n2c1. The van der Waals surface area contributed by atoms with Crippen molar-refractivity contribution >= 4 is 55.7 Å². The Balaban J connectivity index is 1.34. The fourth-order valence-electron chi connectivity index (χ4n) is 3.44. The van der Waals surface area contributed by atoms with Crippen molar-refractivity contribution in [3.63, 3.8) is 0 Å². The van der Waals surface area contributed by atoms with Gasteiger partial charge in [-0.1, -0.05) is 18.2 Å². The summed E-state index contributed by atoms with van der Waals surface area (Å²) in [4.78, 5) is 22.6. The molecule has 4 aromatic heterocycles. The molecule has 4 heterocycles. The van der Waals surface area contributed by atoms with Gasteiger partial charge in [-0.25, -0.2) is 9.97 Å². The van der Waals surface area contributed by atoms with Crippen molar-refractivity contribution < 1.29 is 4.79 Å². The van der Waals surface area contributed by atoms with Crippen molar-refractivity contribution in [3.8, 4) is 11.4 Å². The van der Waals surface area contributed by atoms with E-state index in [1.54, 1.807) is 18.2 Å². The predicted octanol–water partition coefficient (Wildman–Crippen LogP) is 5.71. The van der Waals surface area contributed by atoms with E-state index in [1.807, 2.05) is 36.6 Å². The zero-order valence-corrected chi connectivity index (χ0v) is 19.1. The molecule has 0 fully saturated rings. The van der Waals surface area contributed by atoms with E-state index < -0.39 is 0 Å². The summed E-state index contributed by atoms with van der Waals surface area (Å²) in [6.45, 7) is 4.05. The number of aromatic nitrogens is 3. The van der Waals surface area contributed by atoms with E-state index >= 15 is 0 Å². The average Bonchev–Trinajstić information content (AvgIpc) is 3.48. The van der Waals surface area contributed by atoms with Gasteiger partial charge in [-0.05, 0) is 49.7 Å². The Morgan fingerprint density at radius 1 is 1.06 bits per heavy atom. The number of nitrogens with one attached hydrogen (secondary N) is 2. The van der Waals surface area contributed by atoms with Crippen molar-refractivity contribution in [1.82, 2.24) is 14.4 Å². The quantitative estimate of drug-likeness (QED) is 0.292. The Morgan fingerprint density at radius 3 is 2.75 bits per heavy atom. The third-order valence-electron chi connectivity index (χ3n) is 4.96. The number of anilines is 4. The van der Waals surface area contributed by atoms with Gasteiger partial charge in [-0.15, -0.1) is 22.7 Å². The molecule has 0 aliphatic rings. The van der Waals surface area contributed by atoms with E-state index in [4.69, 9.17) is 10.7 Å². The van der Waals surface area contributed by atoms with E-state index in [0.29, 0.717) is 16.3 Å². The number of imidazole rings is 1. The lowest BCUT2D eigenvalue weighted by atomic mass is 10.2. The summed E-state index contributed by atoms with van der Waals surface area (Å²) in [7, 11) is 0. The smallest absolute Gasteiger partial charge is 0.265 e. The van der Waals surface area contributed by atoms with Crippen molar-refractivity contribution in [2.75, 3.05) is 16.4 Å². The number of hydrogen-bond donors (Lipinski definition) is 3. The summed E-state index contributed by atoms with van der Waals surface area (Å²) in [6, 6.07) is 14.9. The van der Waals surface area contributed by atoms with Crippen molar-refractivity contribution in [3.05, 3.63) is 76.2 Å². The Morgan fingerprint density at radius 2 is 1.91 bits per heavy atom. The summed E-state index contributed by atoms with van der Waals surface area (Å²) >= 11 is 2.87. The van der Waals surface area contributed by atoms with Crippen molar-refractivity contribution in [2.45, 2.75) is 13.8 Å². The second kappa shape index (κ2) is 8.10. The minimum Gasteiger partial charge on any atom is -0.397 e. The molecule has 0 spiro atoms. The van der Waals surface area contributed by atoms with Crippen LogP contribution in [0.4, 0.5) is 21.5 Å². The summed E-state index contributed by atoms with van der Waals surface area (Å²) in [6.07, 6.45) is 2.07. The Bertz CT molecular complexity index is 1450. The highest BCUT2D eigenvalue weighted by Crippen LogP contribution is 2.32. The van der Waals surface area contributed by atoms with Gasteiger partial charge in [0.05, 0.1) is 32.6 Å². The van der Waals surface area contributed by atoms with Crippen molar-refractivity contribution in [1.29, 1.82) is 0 Å². The van der Waals surface area contributed by atoms with Crippen LogP contribution in [0.1, 0.15) is 20.9 Å². The number of amides is 1. The molecule has 9 heteroatoms. The highest BCUT2D eigenvalue weighted by molar-refractivity contribution is 7.19. The standard InChI is InChI=1S/C23H20N6OS2/c1-13-7-9-19-25-14(2)21(29(19)11-13)17-12-31-23(27-17)28-20-10-8-18(32-20)22(30)26-16-6-4-3-5-15(16)24/h3-12H,24H2,1-2H3,(H,26,30)(H,27,28). The third-order valence-corrected chi connectivity index (χ3v) is 6.71. The number of benzene rings is 1. The molecule has 0 atom stereocenters. The molecule has 4 N–H and O–H groups in total. The van der Waals surface area contributed by atoms with Crippen molar-refractivity contribution in [2.24, 2.45) is 0 Å². The Hall–Kier alpha value is -3.69. The van der Waals surface area contributed by atoms with Gasteiger partial charge in [0.25, 0.3) is 5.91 Å². The number of para-hydroxylation sites is 2. The van der Waals surface area contributed by atoms with Crippen LogP contribution in [0.25, 0.3) is 17.0 Å². The van der Waals surface area contributed by atoms with Gasteiger partial charge in [0.2, 0.25) is 0 Å². The largest absolute Gasteiger partial charge is 0.397 e. The van der Waals surface area contributed by atoms with Gasteiger partial charge >= 0.3 is 0 Å². The first kappa shape index (κ1) is 20.2. The first-order valence-electron chi connectivity index (χ1n) is 9.92. The number of hydrogen-bond acceptors (Lipinski definition) is 7. The number of nitrogens with zero attached hydrogens (tertiary/aromatic N) is 3. The number of nitrogen functional groups attached to an aromatic ring is 1. The molecule has 32 heavy (non-hydrogen) atoms. The van der Waals surface area contributed by atoms with Crippen LogP contribution < -0.4 is 16.4 Å². The predicted molar refractivity (Wildman–Crippen MR) is 132 cm³/mol. The van der Waals surface area contributed by atoms with Crippen LogP contribution in [0.5, 0.6) is 0 Å². The molecule has 0 saturated heterocycles. The summed E-state index contributed by atoms with van der Waals surface area (Å²) in [5.74, 6) is -0.197. The molecule has 5 rings (SSSR count). The molecule has 160 valence electrons. The zero-order valence-electron chi connectivity index (χ0n) is 17.4. The van der Waals surface area contributed by atoms with E-state index in [9.17, 15) is 4.79 Å². The highest BCUT2D eigenvalue weighted by Gasteiger charge is 2.16. The maximum atomic E-state index is 12.6. The molecular formula is C23H20N6OS2.